The molecule has 1 fully saturated rings. The second-order valence-electron chi connectivity index (χ2n) is 6.36. The highest BCUT2D eigenvalue weighted by Crippen LogP contribution is 2.19. The van der Waals surface area contributed by atoms with E-state index in [0.717, 1.165) is 19.4 Å². The molecule has 1 heterocycles. The summed E-state index contributed by atoms with van der Waals surface area (Å²) in [6.45, 7) is 9.11. The van der Waals surface area contributed by atoms with E-state index in [1.165, 1.54) is 32.2 Å². The summed E-state index contributed by atoms with van der Waals surface area (Å²) in [7, 11) is 0. The van der Waals surface area contributed by atoms with Crippen LogP contribution in [0.2, 0.25) is 0 Å². The standard InChI is InChI=1S/C16H32N2O2/c1-4-17-16(3,15(19)20)11-7-9-13-18-12-8-5-6-10-14(18)2/h14,17H,4-13H2,1-3H3,(H,19,20). The largest absolute Gasteiger partial charge is 0.480 e. The van der Waals surface area contributed by atoms with E-state index in [2.05, 4.69) is 17.1 Å². The molecular formula is C16H32N2O2. The molecule has 0 aliphatic carbocycles. The first-order valence-corrected chi connectivity index (χ1v) is 8.22. The van der Waals surface area contributed by atoms with E-state index in [-0.39, 0.29) is 0 Å². The van der Waals surface area contributed by atoms with Crippen molar-refractivity contribution in [1.82, 2.24) is 10.2 Å². The van der Waals surface area contributed by atoms with E-state index in [1.54, 1.807) is 6.92 Å². The molecule has 0 saturated carbocycles. The minimum Gasteiger partial charge on any atom is -0.480 e. The molecule has 2 atom stereocenters. The molecule has 0 amide bonds. The van der Waals surface area contributed by atoms with Crippen LogP contribution in [-0.2, 0) is 4.79 Å². The number of nitrogens with zero attached hydrogens (tertiary/aromatic N) is 1. The first-order valence-electron chi connectivity index (χ1n) is 8.22. The Labute approximate surface area is 123 Å². The predicted octanol–water partition coefficient (Wildman–Crippen LogP) is 2.87. The fraction of sp³-hybridized carbons (Fsp3) is 0.938. The van der Waals surface area contributed by atoms with Crippen molar-refractivity contribution >= 4 is 5.97 Å². The summed E-state index contributed by atoms with van der Waals surface area (Å²) in [6.07, 6.45) is 8.11. The van der Waals surface area contributed by atoms with Gasteiger partial charge in [0, 0.05) is 6.04 Å². The summed E-state index contributed by atoms with van der Waals surface area (Å²) in [4.78, 5) is 13.9. The van der Waals surface area contributed by atoms with Gasteiger partial charge >= 0.3 is 5.97 Å². The Balaban J connectivity index is 2.30. The van der Waals surface area contributed by atoms with E-state index in [9.17, 15) is 9.90 Å². The van der Waals surface area contributed by atoms with E-state index in [4.69, 9.17) is 0 Å². The SMILES string of the molecule is CCNC(C)(CCCCN1CCCCCC1C)C(=O)O. The smallest absolute Gasteiger partial charge is 0.323 e. The number of likely N-dealkylation sites (N-methyl/N-ethyl adjacent to an activating group) is 1. The monoisotopic (exact) mass is 284 g/mol. The van der Waals surface area contributed by atoms with Gasteiger partial charge in [-0.15, -0.1) is 0 Å². The second-order valence-corrected chi connectivity index (χ2v) is 6.36. The Bertz CT molecular complexity index is 296. The van der Waals surface area contributed by atoms with Crippen molar-refractivity contribution in [2.24, 2.45) is 0 Å². The number of unbranched alkanes of at least 4 members (excludes halogenated alkanes) is 1. The topological polar surface area (TPSA) is 52.6 Å². The normalized spacial score (nSPS) is 24.1. The molecule has 1 rings (SSSR count). The van der Waals surface area contributed by atoms with Crippen LogP contribution in [0.1, 0.15) is 65.7 Å². The highest BCUT2D eigenvalue weighted by molar-refractivity contribution is 5.78. The molecule has 2 N–H and O–H groups in total. The summed E-state index contributed by atoms with van der Waals surface area (Å²) in [5.41, 5.74) is -0.765. The van der Waals surface area contributed by atoms with Crippen molar-refractivity contribution in [2.45, 2.75) is 77.3 Å². The number of hydrogen-bond acceptors (Lipinski definition) is 3. The summed E-state index contributed by atoms with van der Waals surface area (Å²) >= 11 is 0. The van der Waals surface area contributed by atoms with Crippen LogP contribution in [-0.4, -0.2) is 47.2 Å². The lowest BCUT2D eigenvalue weighted by Gasteiger charge is -2.28. The number of carbonyl (C=O) groups is 1. The van der Waals surface area contributed by atoms with Crippen molar-refractivity contribution < 1.29 is 9.90 Å². The van der Waals surface area contributed by atoms with Crippen LogP contribution < -0.4 is 5.32 Å². The van der Waals surface area contributed by atoms with Gasteiger partial charge in [0.05, 0.1) is 0 Å². The minimum atomic E-state index is -0.765. The Morgan fingerprint density at radius 3 is 2.75 bits per heavy atom. The summed E-state index contributed by atoms with van der Waals surface area (Å²) in [6, 6.07) is 0.692. The second kappa shape index (κ2) is 8.63. The maximum Gasteiger partial charge on any atom is 0.323 e. The molecule has 0 aromatic heterocycles. The number of carboxylic acid groups (broad SMARTS) is 1. The lowest BCUT2D eigenvalue weighted by Crippen LogP contribution is -2.49. The number of hydrogen-bond donors (Lipinski definition) is 2. The molecule has 0 bridgehead atoms. The van der Waals surface area contributed by atoms with Crippen molar-refractivity contribution in [1.29, 1.82) is 0 Å². The molecule has 1 saturated heterocycles. The van der Waals surface area contributed by atoms with Gasteiger partial charge < -0.3 is 15.3 Å². The molecule has 1 aliphatic rings. The van der Waals surface area contributed by atoms with Gasteiger partial charge in [0.25, 0.3) is 0 Å². The van der Waals surface area contributed by atoms with Crippen molar-refractivity contribution in [2.75, 3.05) is 19.6 Å². The van der Waals surface area contributed by atoms with E-state index < -0.39 is 11.5 Å². The number of nitrogens with one attached hydrogen (secondary N) is 1. The molecule has 4 heteroatoms. The van der Waals surface area contributed by atoms with Crippen LogP contribution in [0.3, 0.4) is 0 Å². The zero-order valence-electron chi connectivity index (χ0n) is 13.5. The molecular weight excluding hydrogens is 252 g/mol. The average molecular weight is 284 g/mol. The van der Waals surface area contributed by atoms with Gasteiger partial charge in [-0.1, -0.05) is 19.8 Å². The molecule has 0 spiro atoms. The third-order valence-electron chi connectivity index (χ3n) is 4.60. The van der Waals surface area contributed by atoms with E-state index in [1.807, 2.05) is 6.92 Å². The first kappa shape index (κ1) is 17.4. The zero-order valence-corrected chi connectivity index (χ0v) is 13.5. The van der Waals surface area contributed by atoms with Gasteiger partial charge in [0.2, 0.25) is 0 Å². The van der Waals surface area contributed by atoms with Crippen molar-refractivity contribution in [3.63, 3.8) is 0 Å². The Morgan fingerprint density at radius 1 is 1.35 bits per heavy atom. The highest BCUT2D eigenvalue weighted by Gasteiger charge is 2.31. The van der Waals surface area contributed by atoms with E-state index in [0.29, 0.717) is 19.0 Å². The van der Waals surface area contributed by atoms with Crippen LogP contribution in [0, 0.1) is 0 Å². The number of aliphatic carboxylic acids is 1. The molecule has 0 radical (unpaired) electrons. The van der Waals surface area contributed by atoms with Gasteiger partial charge in [-0.05, 0) is 65.6 Å². The lowest BCUT2D eigenvalue weighted by atomic mass is 9.94. The fourth-order valence-corrected chi connectivity index (χ4v) is 3.12. The maximum absolute atomic E-state index is 11.3. The molecule has 4 nitrogen and oxygen atoms in total. The molecule has 118 valence electrons. The van der Waals surface area contributed by atoms with Gasteiger partial charge in [0.1, 0.15) is 5.54 Å². The Kier molecular flexibility index (Phi) is 7.52. The van der Waals surface area contributed by atoms with Crippen LogP contribution in [0.4, 0.5) is 0 Å². The minimum absolute atomic E-state index is 0.692. The fourth-order valence-electron chi connectivity index (χ4n) is 3.12. The first-order chi connectivity index (χ1) is 9.49. The maximum atomic E-state index is 11.3. The third-order valence-corrected chi connectivity index (χ3v) is 4.60. The zero-order chi connectivity index (χ0) is 15.0. The number of rotatable bonds is 8. The number of likely N-dealkylation sites (tertiary alicyclic amines) is 1. The van der Waals surface area contributed by atoms with Crippen molar-refractivity contribution in [3.05, 3.63) is 0 Å². The lowest BCUT2D eigenvalue weighted by molar-refractivity contribution is -0.144. The molecule has 0 aromatic rings. The van der Waals surface area contributed by atoms with Crippen LogP contribution >= 0.6 is 0 Å². The molecule has 1 aliphatic heterocycles. The summed E-state index contributed by atoms with van der Waals surface area (Å²) in [5, 5.41) is 12.4. The van der Waals surface area contributed by atoms with Gasteiger partial charge in [-0.25, -0.2) is 0 Å². The number of carboxylic acids is 1. The quantitative estimate of drug-likeness (QED) is 0.673. The van der Waals surface area contributed by atoms with E-state index >= 15 is 0 Å². The van der Waals surface area contributed by atoms with Gasteiger partial charge in [0.15, 0.2) is 0 Å². The van der Waals surface area contributed by atoms with Crippen molar-refractivity contribution in [3.8, 4) is 0 Å². The third kappa shape index (κ3) is 5.41. The summed E-state index contributed by atoms with van der Waals surface area (Å²) in [5.74, 6) is -0.734. The molecule has 2 unspecified atom stereocenters. The van der Waals surface area contributed by atoms with Crippen LogP contribution in [0.5, 0.6) is 0 Å². The summed E-state index contributed by atoms with van der Waals surface area (Å²) < 4.78 is 0. The Morgan fingerprint density at radius 2 is 2.10 bits per heavy atom. The molecule has 20 heavy (non-hydrogen) atoms. The van der Waals surface area contributed by atoms with Crippen LogP contribution in [0.25, 0.3) is 0 Å². The molecule has 0 aromatic carbocycles. The predicted molar refractivity (Wildman–Crippen MR) is 83.1 cm³/mol. The van der Waals surface area contributed by atoms with Crippen LogP contribution in [0.15, 0.2) is 0 Å². The highest BCUT2D eigenvalue weighted by atomic mass is 16.4. The van der Waals surface area contributed by atoms with Gasteiger partial charge in [-0.2, -0.15) is 0 Å². The average Bonchev–Trinajstić information content (AvgIpc) is 2.60. The Hall–Kier alpha value is -0.610. The van der Waals surface area contributed by atoms with Gasteiger partial charge in [-0.3, -0.25) is 4.79 Å².